The van der Waals surface area contributed by atoms with Crippen molar-refractivity contribution >= 4 is 51.6 Å². The number of halogens is 1. The number of hydrogen-bond acceptors (Lipinski definition) is 3. The van der Waals surface area contributed by atoms with E-state index in [9.17, 15) is 9.59 Å². The van der Waals surface area contributed by atoms with Gasteiger partial charge in [0.15, 0.2) is 0 Å². The largest absolute Gasteiger partial charge is 0.323 e. The third kappa shape index (κ3) is 5.45. The molecule has 0 atom stereocenters. The highest BCUT2D eigenvalue weighted by Gasteiger charge is 2.08. The van der Waals surface area contributed by atoms with E-state index in [0.29, 0.717) is 22.6 Å². The van der Waals surface area contributed by atoms with E-state index in [4.69, 9.17) is 0 Å². The summed E-state index contributed by atoms with van der Waals surface area (Å²) in [5.74, 6) is -0.218. The molecule has 136 valence electrons. The molecule has 0 aliphatic carbocycles. The van der Waals surface area contributed by atoms with Gasteiger partial charge in [-0.2, -0.15) is 0 Å². The van der Waals surface area contributed by atoms with Crippen molar-refractivity contribution in [3.63, 3.8) is 0 Å². The van der Waals surface area contributed by atoms with Crippen molar-refractivity contribution in [2.45, 2.75) is 0 Å². The predicted molar refractivity (Wildman–Crippen MR) is 116 cm³/mol. The molecule has 0 fully saturated rings. The van der Waals surface area contributed by atoms with E-state index in [1.165, 1.54) is 0 Å². The van der Waals surface area contributed by atoms with Gasteiger partial charge in [-0.3, -0.25) is 15.6 Å². The van der Waals surface area contributed by atoms with Crippen molar-refractivity contribution in [1.29, 1.82) is 0 Å². The molecule has 0 bridgehead atoms. The lowest BCUT2D eigenvalue weighted by molar-refractivity contribution is 0.0962. The third-order valence-electron chi connectivity index (χ3n) is 3.61. The zero-order chi connectivity index (χ0) is 19.1. The molecule has 0 spiro atoms. The molecule has 7 heteroatoms. The van der Waals surface area contributed by atoms with Crippen LogP contribution in [-0.2, 0) is 0 Å². The second kappa shape index (κ2) is 9.04. The monoisotopic (exact) mass is 472 g/mol. The summed E-state index contributed by atoms with van der Waals surface area (Å²) in [5, 5.41) is 5.49. The minimum absolute atomic E-state index is 0.218. The normalized spacial score (nSPS) is 9.96. The lowest BCUT2D eigenvalue weighted by atomic mass is 10.2. The second-order valence-corrected chi connectivity index (χ2v) is 6.74. The highest BCUT2D eigenvalue weighted by atomic mass is 127. The molecule has 0 saturated heterocycles. The van der Waals surface area contributed by atoms with Crippen LogP contribution in [0.1, 0.15) is 10.4 Å². The molecule has 0 saturated carbocycles. The molecule has 3 amide bonds. The fraction of sp³-hybridized carbons (Fsp3) is 0. The van der Waals surface area contributed by atoms with Crippen molar-refractivity contribution in [2.75, 3.05) is 16.1 Å². The molecule has 0 aliphatic heterocycles. The van der Waals surface area contributed by atoms with E-state index in [1.54, 1.807) is 30.3 Å². The second-order valence-electron chi connectivity index (χ2n) is 5.58. The Balaban J connectivity index is 1.52. The number of urea groups is 1. The topological polar surface area (TPSA) is 82.3 Å². The predicted octanol–water partition coefficient (Wildman–Crippen LogP) is 4.69. The molecule has 3 aromatic rings. The lowest BCUT2D eigenvalue weighted by Gasteiger charge is -2.11. The van der Waals surface area contributed by atoms with E-state index in [-0.39, 0.29) is 11.9 Å². The quantitative estimate of drug-likeness (QED) is 0.321. The Morgan fingerprint density at radius 2 is 1.22 bits per heavy atom. The van der Waals surface area contributed by atoms with Crippen LogP contribution in [0.25, 0.3) is 0 Å². The SMILES string of the molecule is O=C(Nc1ccccc1)Nc1ccc(NNC(=O)c2ccccc2I)cc1. The van der Waals surface area contributed by atoms with Crippen LogP contribution in [0, 0.1) is 3.57 Å². The van der Waals surface area contributed by atoms with Gasteiger partial charge in [-0.1, -0.05) is 30.3 Å². The molecule has 3 rings (SSSR count). The van der Waals surface area contributed by atoms with E-state index >= 15 is 0 Å². The summed E-state index contributed by atoms with van der Waals surface area (Å²) >= 11 is 2.12. The van der Waals surface area contributed by atoms with Gasteiger partial charge in [-0.05, 0) is 71.1 Å². The first-order valence-electron chi connectivity index (χ1n) is 8.16. The van der Waals surface area contributed by atoms with Crippen LogP contribution in [0.15, 0.2) is 78.9 Å². The molecule has 3 aromatic carbocycles. The molecule has 4 N–H and O–H groups in total. The highest BCUT2D eigenvalue weighted by Crippen LogP contribution is 2.15. The number of carbonyl (C=O) groups excluding carboxylic acids is 2. The van der Waals surface area contributed by atoms with Gasteiger partial charge in [0.05, 0.1) is 11.3 Å². The maximum atomic E-state index is 12.2. The van der Waals surface area contributed by atoms with Gasteiger partial charge in [0.25, 0.3) is 5.91 Å². The summed E-state index contributed by atoms with van der Waals surface area (Å²) in [5.41, 5.74) is 8.16. The Bertz CT molecular complexity index is 930. The molecular formula is C20H17IN4O2. The average molecular weight is 472 g/mol. The smallest absolute Gasteiger partial charge is 0.308 e. The van der Waals surface area contributed by atoms with Gasteiger partial charge in [0.2, 0.25) is 0 Å². The van der Waals surface area contributed by atoms with E-state index < -0.39 is 0 Å². The Hall–Kier alpha value is -3.07. The van der Waals surface area contributed by atoms with Crippen LogP contribution in [-0.4, -0.2) is 11.9 Å². The average Bonchev–Trinajstić information content (AvgIpc) is 2.68. The Kier molecular flexibility index (Phi) is 6.26. The molecule has 6 nitrogen and oxygen atoms in total. The molecule has 0 aromatic heterocycles. The Morgan fingerprint density at radius 1 is 0.667 bits per heavy atom. The van der Waals surface area contributed by atoms with Crippen molar-refractivity contribution in [3.8, 4) is 0 Å². The summed E-state index contributed by atoms with van der Waals surface area (Å²) in [6.45, 7) is 0. The maximum absolute atomic E-state index is 12.2. The molecule has 27 heavy (non-hydrogen) atoms. The first-order valence-corrected chi connectivity index (χ1v) is 9.24. The number of carbonyl (C=O) groups is 2. The number of para-hydroxylation sites is 1. The van der Waals surface area contributed by atoms with E-state index in [1.807, 2.05) is 48.5 Å². The van der Waals surface area contributed by atoms with Gasteiger partial charge in [-0.15, -0.1) is 0 Å². The molecule has 0 aliphatic rings. The number of anilines is 3. The molecular weight excluding hydrogens is 455 g/mol. The van der Waals surface area contributed by atoms with Crippen LogP contribution < -0.4 is 21.5 Å². The maximum Gasteiger partial charge on any atom is 0.323 e. The first-order chi connectivity index (χ1) is 13.1. The van der Waals surface area contributed by atoms with Gasteiger partial charge in [0.1, 0.15) is 0 Å². The number of hydrazine groups is 1. The fourth-order valence-corrected chi connectivity index (χ4v) is 2.93. The molecule has 0 unspecified atom stereocenters. The number of rotatable bonds is 5. The van der Waals surface area contributed by atoms with Crippen LogP contribution >= 0.6 is 22.6 Å². The molecule has 0 heterocycles. The van der Waals surface area contributed by atoms with Gasteiger partial charge < -0.3 is 10.6 Å². The zero-order valence-electron chi connectivity index (χ0n) is 14.2. The standard InChI is InChI=1S/C20H17IN4O2/c21-18-9-5-4-8-17(18)19(26)25-24-16-12-10-15(11-13-16)23-20(27)22-14-6-2-1-3-7-14/h1-13,24H,(H,25,26)(H2,22,23,27). The summed E-state index contributed by atoms with van der Waals surface area (Å²) in [6.07, 6.45) is 0. The summed E-state index contributed by atoms with van der Waals surface area (Å²) < 4.78 is 0.873. The van der Waals surface area contributed by atoms with Crippen LogP contribution in [0.4, 0.5) is 21.9 Å². The number of hydrogen-bond donors (Lipinski definition) is 4. The van der Waals surface area contributed by atoms with Crippen molar-refractivity contribution < 1.29 is 9.59 Å². The zero-order valence-corrected chi connectivity index (χ0v) is 16.4. The van der Waals surface area contributed by atoms with E-state index in [0.717, 1.165) is 3.57 Å². The number of benzene rings is 3. The minimum Gasteiger partial charge on any atom is -0.308 e. The van der Waals surface area contributed by atoms with Gasteiger partial charge in [0, 0.05) is 14.9 Å². The van der Waals surface area contributed by atoms with Crippen molar-refractivity contribution in [3.05, 3.63) is 88.0 Å². The van der Waals surface area contributed by atoms with Crippen molar-refractivity contribution in [2.24, 2.45) is 0 Å². The lowest BCUT2D eigenvalue weighted by Crippen LogP contribution is -2.29. The Morgan fingerprint density at radius 3 is 1.89 bits per heavy atom. The summed E-state index contributed by atoms with van der Waals surface area (Å²) in [6, 6.07) is 23.2. The summed E-state index contributed by atoms with van der Waals surface area (Å²) in [7, 11) is 0. The number of nitrogens with one attached hydrogen (secondary N) is 4. The van der Waals surface area contributed by atoms with Crippen LogP contribution in [0.3, 0.4) is 0 Å². The van der Waals surface area contributed by atoms with Crippen molar-refractivity contribution in [1.82, 2.24) is 5.43 Å². The third-order valence-corrected chi connectivity index (χ3v) is 4.55. The molecule has 0 radical (unpaired) electrons. The van der Waals surface area contributed by atoms with Gasteiger partial charge in [-0.25, -0.2) is 4.79 Å². The van der Waals surface area contributed by atoms with Gasteiger partial charge >= 0.3 is 6.03 Å². The highest BCUT2D eigenvalue weighted by molar-refractivity contribution is 14.1. The van der Waals surface area contributed by atoms with E-state index in [2.05, 4.69) is 44.1 Å². The minimum atomic E-state index is -0.325. The first kappa shape index (κ1) is 18.7. The van der Waals surface area contributed by atoms with Crippen LogP contribution in [0.2, 0.25) is 0 Å². The fourth-order valence-electron chi connectivity index (χ4n) is 2.29. The summed E-state index contributed by atoms with van der Waals surface area (Å²) in [4.78, 5) is 24.2. The Labute approximate surface area is 170 Å². The number of amides is 3. The van der Waals surface area contributed by atoms with Crippen LogP contribution in [0.5, 0.6) is 0 Å².